The molecule has 1 fully saturated rings. The molecule has 0 amide bonds. The molecule has 4 heterocycles. The van der Waals surface area contributed by atoms with Crippen molar-refractivity contribution in [2.75, 3.05) is 25.1 Å². The van der Waals surface area contributed by atoms with Gasteiger partial charge < -0.3 is 20.7 Å². The maximum Gasteiger partial charge on any atom is 0.217 e. The van der Waals surface area contributed by atoms with E-state index >= 15 is 0 Å². The van der Waals surface area contributed by atoms with E-state index in [9.17, 15) is 0 Å². The van der Waals surface area contributed by atoms with Gasteiger partial charge in [-0.2, -0.15) is 4.98 Å². The standard InChI is InChI=1S/C25H32N6O2S/c1-14(16-7-5-13-31(16)2)32-18-9-12-28-24(29-18)21-15-6-3-10-25(22(15)33-30-21)11-4-8-17-19(25)20(26)23(27)34-17/h9,12,14,16H,3-8,10-11,13,26-27H2,1-2H3/t14-,16-,25-/m0/s1. The fourth-order valence-corrected chi connectivity index (χ4v) is 7.59. The predicted molar refractivity (Wildman–Crippen MR) is 133 cm³/mol. The third-order valence-electron chi connectivity index (χ3n) is 8.05. The number of aromatic nitrogens is 3. The van der Waals surface area contributed by atoms with E-state index in [2.05, 4.69) is 29.0 Å². The Morgan fingerprint density at radius 2 is 2.06 bits per heavy atom. The van der Waals surface area contributed by atoms with Crippen LogP contribution in [0.15, 0.2) is 16.8 Å². The van der Waals surface area contributed by atoms with Crippen molar-refractivity contribution in [2.24, 2.45) is 0 Å². The molecule has 0 aromatic carbocycles. The number of ether oxygens (including phenoxy) is 1. The Hall–Kier alpha value is -2.65. The molecule has 34 heavy (non-hydrogen) atoms. The molecule has 4 N–H and O–H groups in total. The van der Waals surface area contributed by atoms with Crippen LogP contribution >= 0.6 is 11.3 Å². The number of hydrogen-bond donors (Lipinski definition) is 2. The quantitative estimate of drug-likeness (QED) is 0.571. The number of fused-ring (bicyclic) bond motifs is 4. The Bertz CT molecular complexity index is 1220. The van der Waals surface area contributed by atoms with Crippen LogP contribution in [-0.4, -0.2) is 45.8 Å². The van der Waals surface area contributed by atoms with Gasteiger partial charge in [0.1, 0.15) is 11.1 Å². The zero-order valence-corrected chi connectivity index (χ0v) is 20.7. The normalized spacial score (nSPS) is 25.3. The van der Waals surface area contributed by atoms with E-state index in [1.165, 1.54) is 16.9 Å². The van der Waals surface area contributed by atoms with Gasteiger partial charge in [0.05, 0.1) is 11.1 Å². The van der Waals surface area contributed by atoms with Gasteiger partial charge in [-0.05, 0) is 71.9 Å². The average molecular weight is 481 g/mol. The molecule has 1 aliphatic heterocycles. The lowest BCUT2D eigenvalue weighted by Gasteiger charge is -2.39. The second-order valence-corrected chi connectivity index (χ2v) is 11.2. The Morgan fingerprint density at radius 3 is 2.85 bits per heavy atom. The van der Waals surface area contributed by atoms with Crippen molar-refractivity contribution in [3.8, 4) is 17.4 Å². The molecular formula is C25H32N6O2S. The Morgan fingerprint density at radius 1 is 1.24 bits per heavy atom. The van der Waals surface area contributed by atoms with Crippen molar-refractivity contribution in [3.05, 3.63) is 34.0 Å². The van der Waals surface area contributed by atoms with E-state index in [1.807, 2.05) is 6.07 Å². The van der Waals surface area contributed by atoms with Crippen molar-refractivity contribution in [3.63, 3.8) is 0 Å². The van der Waals surface area contributed by atoms with E-state index in [0.29, 0.717) is 22.7 Å². The molecule has 8 nitrogen and oxygen atoms in total. The van der Waals surface area contributed by atoms with Crippen LogP contribution < -0.4 is 16.2 Å². The van der Waals surface area contributed by atoms with Crippen LogP contribution in [0.2, 0.25) is 0 Å². The lowest BCUT2D eigenvalue weighted by Crippen LogP contribution is -2.38. The Balaban J connectivity index is 1.35. The summed E-state index contributed by atoms with van der Waals surface area (Å²) < 4.78 is 12.3. The van der Waals surface area contributed by atoms with Crippen LogP contribution in [0.1, 0.15) is 67.2 Å². The van der Waals surface area contributed by atoms with Crippen LogP contribution in [-0.2, 0) is 18.3 Å². The summed E-state index contributed by atoms with van der Waals surface area (Å²) in [5, 5.41) is 5.22. The summed E-state index contributed by atoms with van der Waals surface area (Å²) >= 11 is 1.63. The molecule has 3 aliphatic rings. The molecule has 9 heteroatoms. The number of anilines is 2. The summed E-state index contributed by atoms with van der Waals surface area (Å²) in [4.78, 5) is 12.9. The minimum Gasteiger partial charge on any atom is -0.473 e. The topological polar surface area (TPSA) is 116 Å². The summed E-state index contributed by atoms with van der Waals surface area (Å²) in [5.41, 5.74) is 16.2. The van der Waals surface area contributed by atoms with Crippen LogP contribution in [0.25, 0.3) is 11.5 Å². The van der Waals surface area contributed by atoms with Gasteiger partial charge in [-0.1, -0.05) is 5.16 Å². The number of likely N-dealkylation sites (N-methyl/N-ethyl adjacent to an activating group) is 1. The van der Waals surface area contributed by atoms with E-state index in [4.69, 9.17) is 25.7 Å². The monoisotopic (exact) mass is 480 g/mol. The molecule has 0 bridgehead atoms. The van der Waals surface area contributed by atoms with Gasteiger partial charge in [-0.25, -0.2) is 4.98 Å². The Kier molecular flexibility index (Phi) is 5.29. The zero-order chi connectivity index (χ0) is 23.4. The molecule has 6 rings (SSSR count). The van der Waals surface area contributed by atoms with Crippen molar-refractivity contribution in [1.29, 1.82) is 0 Å². The average Bonchev–Trinajstić information content (AvgIpc) is 3.53. The lowest BCUT2D eigenvalue weighted by molar-refractivity contribution is 0.117. The third kappa shape index (κ3) is 3.32. The van der Waals surface area contributed by atoms with Crippen molar-refractivity contribution >= 4 is 22.0 Å². The van der Waals surface area contributed by atoms with Gasteiger partial charge in [-0.3, -0.25) is 4.90 Å². The Labute approximate surface area is 203 Å². The van der Waals surface area contributed by atoms with Gasteiger partial charge in [-0.15, -0.1) is 11.3 Å². The van der Waals surface area contributed by atoms with Gasteiger partial charge in [0, 0.05) is 34.3 Å². The summed E-state index contributed by atoms with van der Waals surface area (Å²) in [6.45, 7) is 3.23. The first-order valence-electron chi connectivity index (χ1n) is 12.3. The minimum absolute atomic E-state index is 0.0532. The van der Waals surface area contributed by atoms with Gasteiger partial charge in [0.2, 0.25) is 5.88 Å². The maximum atomic E-state index is 6.51. The second kappa shape index (κ2) is 8.23. The summed E-state index contributed by atoms with van der Waals surface area (Å²) in [6.07, 6.45) is 10.2. The predicted octanol–water partition coefficient (Wildman–Crippen LogP) is 4.18. The van der Waals surface area contributed by atoms with Gasteiger partial charge in [0.15, 0.2) is 17.3 Å². The number of rotatable bonds is 4. The number of nitrogens with two attached hydrogens (primary N) is 2. The number of likely N-dealkylation sites (tertiary alicyclic amines) is 1. The lowest BCUT2D eigenvalue weighted by atomic mass is 9.63. The highest BCUT2D eigenvalue weighted by Crippen LogP contribution is 2.56. The molecule has 180 valence electrons. The van der Waals surface area contributed by atoms with Gasteiger partial charge in [0.25, 0.3) is 0 Å². The largest absolute Gasteiger partial charge is 0.473 e. The minimum atomic E-state index is -0.250. The van der Waals surface area contributed by atoms with Crippen LogP contribution in [0.5, 0.6) is 5.88 Å². The number of hydrogen-bond acceptors (Lipinski definition) is 9. The molecule has 1 saturated heterocycles. The van der Waals surface area contributed by atoms with Crippen LogP contribution in [0.4, 0.5) is 10.7 Å². The fourth-order valence-electron chi connectivity index (χ4n) is 6.46. The van der Waals surface area contributed by atoms with Crippen molar-refractivity contribution in [1.82, 2.24) is 20.0 Å². The van der Waals surface area contributed by atoms with Gasteiger partial charge >= 0.3 is 0 Å². The highest BCUT2D eigenvalue weighted by Gasteiger charge is 2.48. The highest BCUT2D eigenvalue weighted by molar-refractivity contribution is 7.16. The van der Waals surface area contributed by atoms with Crippen molar-refractivity contribution in [2.45, 2.75) is 75.9 Å². The first kappa shape index (κ1) is 21.9. The fraction of sp³-hybridized carbons (Fsp3) is 0.560. The van der Waals surface area contributed by atoms with E-state index in [1.54, 1.807) is 17.5 Å². The number of nitrogens with zero attached hydrogens (tertiary/aromatic N) is 4. The van der Waals surface area contributed by atoms with Crippen LogP contribution in [0.3, 0.4) is 0 Å². The van der Waals surface area contributed by atoms with Crippen LogP contribution in [0, 0.1) is 0 Å². The SMILES string of the molecule is C[C@H](Oc1ccnc(-c2noc3c2CCC[C@@]32CCCc3sc(N)c(N)c32)n1)[C@@H]1CCCN1C. The molecule has 0 unspecified atom stereocenters. The molecule has 1 spiro atoms. The van der Waals surface area contributed by atoms with E-state index in [0.717, 1.165) is 74.2 Å². The number of aryl methyl sites for hydroxylation is 1. The highest BCUT2D eigenvalue weighted by atomic mass is 32.1. The second-order valence-electron chi connectivity index (χ2n) is 10.0. The summed E-state index contributed by atoms with van der Waals surface area (Å²) in [6, 6.07) is 2.23. The first-order chi connectivity index (χ1) is 16.5. The maximum absolute atomic E-state index is 6.51. The molecule has 3 atom stereocenters. The molecular weight excluding hydrogens is 448 g/mol. The smallest absolute Gasteiger partial charge is 0.217 e. The first-order valence-corrected chi connectivity index (χ1v) is 13.2. The molecule has 0 radical (unpaired) electrons. The molecule has 3 aromatic rings. The molecule has 3 aromatic heterocycles. The summed E-state index contributed by atoms with van der Waals surface area (Å²) in [5.74, 6) is 2.06. The molecule has 0 saturated carbocycles. The number of thiophene rings is 1. The van der Waals surface area contributed by atoms with E-state index in [-0.39, 0.29) is 11.5 Å². The zero-order valence-electron chi connectivity index (χ0n) is 19.8. The molecule has 2 aliphatic carbocycles. The van der Waals surface area contributed by atoms with E-state index < -0.39 is 0 Å². The van der Waals surface area contributed by atoms with Crippen molar-refractivity contribution < 1.29 is 9.26 Å². The summed E-state index contributed by atoms with van der Waals surface area (Å²) in [7, 11) is 2.16. The number of nitrogen functional groups attached to an aromatic ring is 2. The third-order valence-corrected chi connectivity index (χ3v) is 9.15.